The molecular formula is C26H33FNO3P. The minimum absolute atomic E-state index is 0.0275. The van der Waals surface area contributed by atoms with Crippen LogP contribution in [-0.2, 0) is 20.9 Å². The van der Waals surface area contributed by atoms with Crippen LogP contribution in [0.4, 0.5) is 10.1 Å². The number of hydrogen-bond acceptors (Lipinski definition) is 3. The van der Waals surface area contributed by atoms with Gasteiger partial charge in [0, 0.05) is 0 Å². The molecule has 2 aromatic carbocycles. The summed E-state index contributed by atoms with van der Waals surface area (Å²) in [6.45, 7) is 3.91. The molecule has 1 saturated heterocycles. The summed E-state index contributed by atoms with van der Waals surface area (Å²) in [5.41, 5.74) is 3.14. The molecular weight excluding hydrogens is 424 g/mol. The number of nitrogens with one attached hydrogen (secondary N) is 1. The van der Waals surface area contributed by atoms with E-state index in [-0.39, 0.29) is 24.3 Å². The van der Waals surface area contributed by atoms with Gasteiger partial charge in [-0.3, -0.25) is 0 Å². The van der Waals surface area contributed by atoms with Gasteiger partial charge >= 0.3 is 190 Å². The average Bonchev–Trinajstić information content (AvgIpc) is 3.59. The van der Waals surface area contributed by atoms with Crippen molar-refractivity contribution < 1.29 is 18.7 Å². The quantitative estimate of drug-likeness (QED) is 0.436. The molecule has 32 heavy (non-hydrogen) atoms. The topological polar surface area (TPSA) is 55.4 Å². The third-order valence-electron chi connectivity index (χ3n) is 7.47. The van der Waals surface area contributed by atoms with E-state index in [2.05, 4.69) is 5.32 Å². The molecule has 1 heterocycles. The molecule has 172 valence electrons. The Morgan fingerprint density at radius 1 is 1.03 bits per heavy atom. The summed E-state index contributed by atoms with van der Waals surface area (Å²) in [5, 5.41) is 2.73. The molecule has 2 aliphatic rings. The number of anilines is 1. The fourth-order valence-electron chi connectivity index (χ4n) is 5.58. The predicted octanol–water partition coefficient (Wildman–Crippen LogP) is 5.59. The van der Waals surface area contributed by atoms with E-state index in [9.17, 15) is 14.0 Å². The fourth-order valence-corrected chi connectivity index (χ4v) is 11.7. The Morgan fingerprint density at radius 3 is 2.25 bits per heavy atom. The second-order valence-electron chi connectivity index (χ2n) is 9.61. The number of aryl methyl sites for hydroxylation is 2. The van der Waals surface area contributed by atoms with E-state index in [1.165, 1.54) is 18.6 Å². The van der Waals surface area contributed by atoms with Gasteiger partial charge in [0.1, 0.15) is 0 Å². The van der Waals surface area contributed by atoms with Crippen molar-refractivity contribution in [2.45, 2.75) is 57.7 Å². The number of carbonyl (C=O) groups excluding carboxylic acids is 2. The van der Waals surface area contributed by atoms with E-state index < -0.39 is 12.4 Å². The summed E-state index contributed by atoms with van der Waals surface area (Å²) in [4.78, 5) is 26.6. The first-order chi connectivity index (χ1) is 15.4. The minimum atomic E-state index is -2.22. The van der Waals surface area contributed by atoms with Gasteiger partial charge in [-0.05, 0) is 0 Å². The molecule has 6 heteroatoms. The first-order valence-electron chi connectivity index (χ1n) is 11.6. The van der Waals surface area contributed by atoms with Crippen molar-refractivity contribution in [1.82, 2.24) is 0 Å². The normalized spacial score (nSPS) is 19.6. The van der Waals surface area contributed by atoms with Gasteiger partial charge in [0.15, 0.2) is 0 Å². The molecule has 0 aromatic heterocycles. The number of esters is 1. The Labute approximate surface area is 190 Å². The Bertz CT molecular complexity index is 974. The Kier molecular flexibility index (Phi) is 6.67. The molecule has 4 nitrogen and oxygen atoms in total. The van der Waals surface area contributed by atoms with Gasteiger partial charge in [-0.15, -0.1) is 0 Å². The summed E-state index contributed by atoms with van der Waals surface area (Å²) in [6, 6.07) is 12.6. The van der Waals surface area contributed by atoms with Crippen LogP contribution in [0, 0.1) is 19.7 Å². The zero-order chi connectivity index (χ0) is 22.8. The third-order valence-corrected chi connectivity index (χ3v) is 13.8. The van der Waals surface area contributed by atoms with E-state index in [4.69, 9.17) is 4.74 Å². The molecule has 0 spiro atoms. The molecule has 2 fully saturated rings. The van der Waals surface area contributed by atoms with Crippen LogP contribution in [0.1, 0.15) is 48.8 Å². The molecule has 0 unspecified atom stereocenters. The van der Waals surface area contributed by atoms with Crippen LogP contribution in [0.25, 0.3) is 0 Å². The second kappa shape index (κ2) is 9.31. The van der Waals surface area contributed by atoms with E-state index in [1.54, 1.807) is 0 Å². The van der Waals surface area contributed by atoms with Gasteiger partial charge in [-0.1, -0.05) is 0 Å². The van der Waals surface area contributed by atoms with Crippen molar-refractivity contribution in [3.63, 3.8) is 0 Å². The van der Waals surface area contributed by atoms with Crippen LogP contribution in [0.15, 0.2) is 42.5 Å². The number of benzene rings is 2. The summed E-state index contributed by atoms with van der Waals surface area (Å²) in [7, 11) is -2.22. The van der Waals surface area contributed by atoms with Crippen molar-refractivity contribution in [1.29, 1.82) is 0 Å². The van der Waals surface area contributed by atoms with Crippen molar-refractivity contribution in [2.75, 3.05) is 23.8 Å². The molecule has 1 N–H and O–H groups in total. The Hall–Kier alpha value is -2.26. The number of carbonyl (C=O) groups is 2. The Morgan fingerprint density at radius 2 is 1.66 bits per heavy atom. The van der Waals surface area contributed by atoms with E-state index in [1.807, 2.05) is 44.2 Å². The van der Waals surface area contributed by atoms with Gasteiger partial charge in [-0.25, -0.2) is 0 Å². The standard InChI is InChI=1S/C26H33FNO3P/c1-19-15-22(27)16-20(2)24(19)28-25(30)26(11-12-26)32(13-7-4-8-14-32)18-23(29)31-17-21-9-5-3-6-10-21/h3,5-6,9-10,15-16,32H,4,7-8,11-14,17-18H2,1-2H3,(H,28,30). The Balaban J connectivity index is 1.51. The van der Waals surface area contributed by atoms with Crippen LogP contribution in [-0.4, -0.2) is 35.5 Å². The van der Waals surface area contributed by atoms with Crippen LogP contribution in [0.2, 0.25) is 0 Å². The van der Waals surface area contributed by atoms with Gasteiger partial charge in [-0.2, -0.15) is 0 Å². The molecule has 1 aliphatic heterocycles. The first kappa shape index (κ1) is 22.9. The number of rotatable bonds is 7. The van der Waals surface area contributed by atoms with E-state index in [0.29, 0.717) is 11.8 Å². The maximum absolute atomic E-state index is 13.7. The average molecular weight is 458 g/mol. The fraction of sp³-hybridized carbons (Fsp3) is 0.462. The van der Waals surface area contributed by atoms with Gasteiger partial charge < -0.3 is 0 Å². The number of ether oxygens (including phenoxy) is 1. The van der Waals surface area contributed by atoms with Gasteiger partial charge in [0.05, 0.1) is 0 Å². The zero-order valence-corrected chi connectivity index (χ0v) is 20.0. The number of hydrogen-bond donors (Lipinski definition) is 1. The van der Waals surface area contributed by atoms with E-state index >= 15 is 0 Å². The monoisotopic (exact) mass is 457 g/mol. The van der Waals surface area contributed by atoms with Crippen LogP contribution in [0.5, 0.6) is 0 Å². The van der Waals surface area contributed by atoms with Crippen molar-refractivity contribution in [2.24, 2.45) is 0 Å². The molecule has 1 aliphatic carbocycles. The summed E-state index contributed by atoms with van der Waals surface area (Å²) in [5.74, 6) is -0.436. The maximum atomic E-state index is 13.7. The summed E-state index contributed by atoms with van der Waals surface area (Å²) >= 11 is 0. The van der Waals surface area contributed by atoms with Crippen LogP contribution >= 0.6 is 7.26 Å². The molecule has 1 saturated carbocycles. The molecule has 0 atom stereocenters. The number of amides is 1. The summed E-state index contributed by atoms with van der Waals surface area (Å²) in [6.07, 6.45) is 7.44. The van der Waals surface area contributed by atoms with Gasteiger partial charge in [0.25, 0.3) is 0 Å². The summed E-state index contributed by atoms with van der Waals surface area (Å²) < 4.78 is 19.4. The molecule has 1 amide bonds. The predicted molar refractivity (Wildman–Crippen MR) is 129 cm³/mol. The van der Waals surface area contributed by atoms with Crippen LogP contribution in [0.3, 0.4) is 0 Å². The van der Waals surface area contributed by atoms with Crippen LogP contribution < -0.4 is 5.32 Å². The van der Waals surface area contributed by atoms with Crippen molar-refractivity contribution >= 4 is 24.8 Å². The van der Waals surface area contributed by atoms with E-state index in [0.717, 1.165) is 54.7 Å². The van der Waals surface area contributed by atoms with Crippen molar-refractivity contribution in [3.05, 3.63) is 65.0 Å². The second-order valence-corrected chi connectivity index (χ2v) is 14.5. The first-order valence-corrected chi connectivity index (χ1v) is 14.3. The van der Waals surface area contributed by atoms with Crippen molar-refractivity contribution in [3.8, 4) is 0 Å². The number of halogens is 1. The SMILES string of the molecule is Cc1cc(F)cc(C)c1NC(=O)C1([PH]2(CC(=O)OCc3ccccc3)CCCCC2)CC1. The molecule has 4 rings (SSSR count). The molecule has 0 bridgehead atoms. The third kappa shape index (κ3) is 4.59. The zero-order valence-electron chi connectivity index (χ0n) is 19.0. The molecule has 2 aromatic rings. The molecule has 0 radical (unpaired) electrons. The van der Waals surface area contributed by atoms with Gasteiger partial charge in [0.2, 0.25) is 0 Å².